The minimum absolute atomic E-state index is 0.100. The van der Waals surface area contributed by atoms with Crippen LogP contribution < -0.4 is 5.69 Å². The van der Waals surface area contributed by atoms with Gasteiger partial charge in [0.25, 0.3) is 5.69 Å². The number of carboxylic acids is 1. The van der Waals surface area contributed by atoms with Gasteiger partial charge in [-0.2, -0.15) is 0 Å². The van der Waals surface area contributed by atoms with Crippen LogP contribution in [0, 0.1) is 17.0 Å². The zero-order valence-corrected chi connectivity index (χ0v) is 11.0. The van der Waals surface area contributed by atoms with Crippen molar-refractivity contribution < 1.29 is 14.8 Å². The highest BCUT2D eigenvalue weighted by Gasteiger charge is 2.23. The smallest absolute Gasteiger partial charge is 0.347 e. The molecule has 0 bridgehead atoms. The normalized spacial score (nSPS) is 10.3. The molecule has 0 unspecified atom stereocenters. The molecule has 1 aromatic carbocycles. The molecule has 0 saturated carbocycles. The summed E-state index contributed by atoms with van der Waals surface area (Å²) in [6.07, 6.45) is 2.91. The van der Waals surface area contributed by atoms with Crippen molar-refractivity contribution in [3.63, 3.8) is 0 Å². The van der Waals surface area contributed by atoms with Gasteiger partial charge in [-0.15, -0.1) is 0 Å². The predicted octanol–water partition coefficient (Wildman–Crippen LogP) is 1.21. The van der Waals surface area contributed by atoms with Crippen LogP contribution in [0.4, 0.5) is 5.69 Å². The summed E-state index contributed by atoms with van der Waals surface area (Å²) in [6.45, 7) is 1.63. The van der Waals surface area contributed by atoms with E-state index in [1.807, 2.05) is 0 Å². The molecule has 1 heterocycles. The standard InChI is InChI=1S/C13H11N3O5/c1-8-5-14-13(19)15(6-8)7-9-3-2-4-10(16(20)21)11(9)12(17)18/h2-6H,7H2,1H3,(H,17,18). The number of carboxylic acid groups (broad SMARTS) is 1. The van der Waals surface area contributed by atoms with Crippen LogP contribution >= 0.6 is 0 Å². The number of hydrogen-bond donors (Lipinski definition) is 1. The topological polar surface area (TPSA) is 115 Å². The number of aryl methyl sites for hydroxylation is 1. The maximum atomic E-state index is 11.6. The summed E-state index contributed by atoms with van der Waals surface area (Å²) in [5.41, 5.74) is -0.587. The van der Waals surface area contributed by atoms with Gasteiger partial charge in [-0.3, -0.25) is 14.7 Å². The molecule has 0 radical (unpaired) electrons. The van der Waals surface area contributed by atoms with Crippen molar-refractivity contribution in [2.24, 2.45) is 0 Å². The van der Waals surface area contributed by atoms with E-state index in [-0.39, 0.29) is 12.1 Å². The van der Waals surface area contributed by atoms with Crippen LogP contribution in [-0.4, -0.2) is 25.6 Å². The lowest BCUT2D eigenvalue weighted by molar-refractivity contribution is -0.385. The first-order valence-corrected chi connectivity index (χ1v) is 5.93. The molecule has 0 fully saturated rings. The highest BCUT2D eigenvalue weighted by Crippen LogP contribution is 2.22. The molecule has 0 aliphatic heterocycles. The van der Waals surface area contributed by atoms with E-state index in [4.69, 9.17) is 0 Å². The predicted molar refractivity (Wildman–Crippen MR) is 72.4 cm³/mol. The summed E-state index contributed by atoms with van der Waals surface area (Å²) >= 11 is 0. The fraction of sp³-hybridized carbons (Fsp3) is 0.154. The third-order valence-corrected chi connectivity index (χ3v) is 2.86. The van der Waals surface area contributed by atoms with E-state index in [1.54, 1.807) is 6.92 Å². The third kappa shape index (κ3) is 2.94. The van der Waals surface area contributed by atoms with E-state index in [0.29, 0.717) is 0 Å². The molecule has 0 spiro atoms. The maximum Gasteiger partial charge on any atom is 0.347 e. The average Bonchev–Trinajstić information content (AvgIpc) is 2.42. The van der Waals surface area contributed by atoms with Crippen molar-refractivity contribution in [1.82, 2.24) is 9.55 Å². The van der Waals surface area contributed by atoms with Crippen molar-refractivity contribution >= 4 is 11.7 Å². The van der Waals surface area contributed by atoms with Crippen LogP contribution in [0.2, 0.25) is 0 Å². The van der Waals surface area contributed by atoms with E-state index in [9.17, 15) is 24.8 Å². The lowest BCUT2D eigenvalue weighted by Crippen LogP contribution is -2.24. The Morgan fingerprint density at radius 1 is 1.48 bits per heavy atom. The molecule has 108 valence electrons. The van der Waals surface area contributed by atoms with Gasteiger partial charge in [0.2, 0.25) is 0 Å². The summed E-state index contributed by atoms with van der Waals surface area (Å²) in [5.74, 6) is -1.41. The summed E-state index contributed by atoms with van der Waals surface area (Å²) in [4.78, 5) is 36.7. The molecule has 1 aromatic heterocycles. The quantitative estimate of drug-likeness (QED) is 0.668. The minimum atomic E-state index is -1.41. The first-order valence-electron chi connectivity index (χ1n) is 5.93. The molecule has 8 nitrogen and oxygen atoms in total. The third-order valence-electron chi connectivity index (χ3n) is 2.86. The average molecular weight is 289 g/mol. The maximum absolute atomic E-state index is 11.6. The summed E-state index contributed by atoms with van der Waals surface area (Å²) in [5, 5.41) is 20.1. The molecule has 0 saturated heterocycles. The Labute approximate surface area is 118 Å². The number of aromatic nitrogens is 2. The molecular weight excluding hydrogens is 278 g/mol. The highest BCUT2D eigenvalue weighted by atomic mass is 16.6. The second-order valence-corrected chi connectivity index (χ2v) is 4.42. The lowest BCUT2D eigenvalue weighted by atomic mass is 10.1. The molecule has 8 heteroatoms. The van der Waals surface area contributed by atoms with Gasteiger partial charge in [0.1, 0.15) is 5.56 Å². The Kier molecular flexibility index (Phi) is 3.79. The second-order valence-electron chi connectivity index (χ2n) is 4.42. The Morgan fingerprint density at radius 2 is 2.19 bits per heavy atom. The van der Waals surface area contributed by atoms with Crippen molar-refractivity contribution in [2.45, 2.75) is 13.5 Å². The number of aromatic carboxylic acids is 1. The molecule has 2 rings (SSSR count). The molecule has 0 aliphatic rings. The number of rotatable bonds is 4. The van der Waals surface area contributed by atoms with Crippen LogP contribution in [-0.2, 0) is 6.54 Å². The number of nitro groups is 1. The second kappa shape index (κ2) is 5.53. The Balaban J connectivity index is 2.57. The fourth-order valence-electron chi connectivity index (χ4n) is 1.98. The van der Waals surface area contributed by atoms with Crippen molar-refractivity contribution in [1.29, 1.82) is 0 Å². The van der Waals surface area contributed by atoms with Gasteiger partial charge in [0.15, 0.2) is 0 Å². The first-order chi connectivity index (χ1) is 9.90. The van der Waals surface area contributed by atoms with Crippen LogP contribution in [0.15, 0.2) is 35.4 Å². The van der Waals surface area contributed by atoms with Gasteiger partial charge in [-0.1, -0.05) is 12.1 Å². The Morgan fingerprint density at radius 3 is 2.81 bits per heavy atom. The Hall–Kier alpha value is -3.03. The van der Waals surface area contributed by atoms with Gasteiger partial charge < -0.3 is 5.11 Å². The molecule has 0 aliphatic carbocycles. The molecule has 2 aromatic rings. The Bertz CT molecular complexity index is 782. The van der Waals surface area contributed by atoms with E-state index < -0.39 is 27.8 Å². The molecule has 1 N–H and O–H groups in total. The van der Waals surface area contributed by atoms with E-state index >= 15 is 0 Å². The van der Waals surface area contributed by atoms with Crippen molar-refractivity contribution in [3.05, 3.63) is 67.9 Å². The molecule has 21 heavy (non-hydrogen) atoms. The monoisotopic (exact) mass is 289 g/mol. The van der Waals surface area contributed by atoms with Crippen LogP contribution in [0.25, 0.3) is 0 Å². The van der Waals surface area contributed by atoms with Gasteiger partial charge in [0.05, 0.1) is 11.5 Å². The number of carbonyl (C=O) groups is 1. The van der Waals surface area contributed by atoms with Gasteiger partial charge in [-0.25, -0.2) is 14.6 Å². The number of nitrogens with zero attached hydrogens (tertiary/aromatic N) is 3. The zero-order chi connectivity index (χ0) is 15.6. The van der Waals surface area contributed by atoms with Crippen molar-refractivity contribution in [2.75, 3.05) is 0 Å². The van der Waals surface area contributed by atoms with Gasteiger partial charge in [0, 0.05) is 18.5 Å². The fourth-order valence-corrected chi connectivity index (χ4v) is 1.98. The van der Waals surface area contributed by atoms with E-state index in [1.165, 1.54) is 29.1 Å². The van der Waals surface area contributed by atoms with Gasteiger partial charge >= 0.3 is 11.7 Å². The minimum Gasteiger partial charge on any atom is -0.477 e. The first kappa shape index (κ1) is 14.4. The molecule has 0 amide bonds. The highest BCUT2D eigenvalue weighted by molar-refractivity contribution is 5.94. The number of nitro benzene ring substituents is 1. The SMILES string of the molecule is Cc1cnc(=O)n(Cc2cccc([N+](=O)[O-])c2C(=O)O)c1. The van der Waals surface area contributed by atoms with Crippen LogP contribution in [0.3, 0.4) is 0 Å². The number of hydrogen-bond acceptors (Lipinski definition) is 5. The van der Waals surface area contributed by atoms with E-state index in [2.05, 4.69) is 4.98 Å². The van der Waals surface area contributed by atoms with Crippen molar-refractivity contribution in [3.8, 4) is 0 Å². The van der Waals surface area contributed by atoms with Gasteiger partial charge in [-0.05, 0) is 18.1 Å². The summed E-state index contributed by atoms with van der Waals surface area (Å²) < 4.78 is 1.21. The molecule has 0 atom stereocenters. The summed E-state index contributed by atoms with van der Waals surface area (Å²) in [7, 11) is 0. The lowest BCUT2D eigenvalue weighted by Gasteiger charge is -2.09. The summed E-state index contributed by atoms with van der Waals surface area (Å²) in [6, 6.07) is 3.93. The van der Waals surface area contributed by atoms with Crippen LogP contribution in [0.5, 0.6) is 0 Å². The largest absolute Gasteiger partial charge is 0.477 e. The van der Waals surface area contributed by atoms with E-state index in [0.717, 1.165) is 11.6 Å². The van der Waals surface area contributed by atoms with Crippen LogP contribution in [0.1, 0.15) is 21.5 Å². The number of benzene rings is 1. The molecular formula is C13H11N3O5. The zero-order valence-electron chi connectivity index (χ0n) is 11.0.